The number of amides is 2. The number of hydroxylamine groups is 2. The summed E-state index contributed by atoms with van der Waals surface area (Å²) in [5.74, 6) is -1.10. The first-order chi connectivity index (χ1) is 10.0. The second-order valence-corrected chi connectivity index (χ2v) is 4.66. The quantitative estimate of drug-likeness (QED) is 0.601. The van der Waals surface area contributed by atoms with Gasteiger partial charge in [0.1, 0.15) is 0 Å². The summed E-state index contributed by atoms with van der Waals surface area (Å²) in [4.78, 5) is 29.5. The molecule has 1 saturated heterocycles. The highest BCUT2D eigenvalue weighted by molar-refractivity contribution is 5.78. The minimum atomic E-state index is -2.27. The van der Waals surface area contributed by atoms with Gasteiger partial charge in [-0.25, -0.2) is 18.8 Å². The molecule has 2 bridgehead atoms. The summed E-state index contributed by atoms with van der Waals surface area (Å²) in [6, 6.07) is -0.775. The highest BCUT2D eigenvalue weighted by Crippen LogP contribution is 2.25. The summed E-state index contributed by atoms with van der Waals surface area (Å²) in [6.07, 6.45) is 0.162. The van der Waals surface area contributed by atoms with Crippen LogP contribution in [0.2, 0.25) is 0 Å². The zero-order valence-corrected chi connectivity index (χ0v) is 12.4. The van der Waals surface area contributed by atoms with Gasteiger partial charge in [-0.15, -0.1) is 0 Å². The average Bonchev–Trinajstić information content (AvgIpc) is 2.70. The van der Waals surface area contributed by atoms with E-state index in [1.165, 1.54) is 0 Å². The van der Waals surface area contributed by atoms with Crippen molar-refractivity contribution >= 4 is 12.0 Å². The maximum absolute atomic E-state index is 13.6. The summed E-state index contributed by atoms with van der Waals surface area (Å²) in [7, 11) is 1.00. The number of nitrogens with zero attached hydrogens (tertiary/aromatic N) is 2. The molecule has 1 N–H and O–H groups in total. The molecule has 1 fully saturated rings. The van der Waals surface area contributed by atoms with Crippen LogP contribution in [0.25, 0.3) is 0 Å². The van der Waals surface area contributed by atoms with Crippen LogP contribution < -0.4 is 0 Å². The van der Waals surface area contributed by atoms with Crippen molar-refractivity contribution < 1.29 is 28.7 Å². The predicted molar refractivity (Wildman–Crippen MR) is 71.7 cm³/mol. The highest BCUT2D eigenvalue weighted by atomic mass is 19.1. The number of urea groups is 1. The Morgan fingerprint density at radius 1 is 1.57 bits per heavy atom. The molecule has 0 spiro atoms. The minimum absolute atomic E-state index is 0.130. The van der Waals surface area contributed by atoms with E-state index in [4.69, 9.17) is 9.94 Å². The summed E-state index contributed by atoms with van der Waals surface area (Å²) >= 11 is 0. The van der Waals surface area contributed by atoms with E-state index in [9.17, 15) is 14.0 Å². The summed E-state index contributed by atoms with van der Waals surface area (Å²) in [6.45, 7) is 4.78. The normalized spacial score (nSPS) is 21.5. The molecule has 0 saturated carbocycles. The molecule has 0 radical (unpaired) electrons. The third kappa shape index (κ3) is 4.15. The van der Waals surface area contributed by atoms with Gasteiger partial charge in [0.05, 0.1) is 12.6 Å². The summed E-state index contributed by atoms with van der Waals surface area (Å²) in [5, 5.41) is 7.91. The molecule has 2 aliphatic rings. The van der Waals surface area contributed by atoms with Gasteiger partial charge in [-0.05, 0) is 13.3 Å². The zero-order valence-electron chi connectivity index (χ0n) is 12.4. The van der Waals surface area contributed by atoms with Crippen LogP contribution in [0.5, 0.6) is 0 Å². The van der Waals surface area contributed by atoms with Gasteiger partial charge in [0.2, 0.25) is 0 Å². The molecular formula is C13H21FN2O5. The van der Waals surface area contributed by atoms with Gasteiger partial charge in [0, 0.05) is 20.2 Å². The number of carbonyl (C=O) groups is 2. The Morgan fingerprint density at radius 3 is 2.86 bits per heavy atom. The topological polar surface area (TPSA) is 79.3 Å². The number of hydrogen-bond acceptors (Lipinski definition) is 5. The number of alkyl halides is 1. The molecule has 2 atom stereocenters. The van der Waals surface area contributed by atoms with Crippen molar-refractivity contribution in [3.63, 3.8) is 0 Å². The number of ether oxygens (including phenoxy) is 1. The van der Waals surface area contributed by atoms with Gasteiger partial charge in [-0.3, -0.25) is 0 Å². The van der Waals surface area contributed by atoms with E-state index in [-0.39, 0.29) is 12.6 Å². The first-order valence-corrected chi connectivity index (χ1v) is 6.70. The molecular weight excluding hydrogens is 283 g/mol. The van der Waals surface area contributed by atoms with Gasteiger partial charge in [0.25, 0.3) is 0 Å². The number of esters is 1. The third-order valence-electron chi connectivity index (χ3n) is 2.92. The molecule has 2 aliphatic heterocycles. The van der Waals surface area contributed by atoms with E-state index in [0.29, 0.717) is 19.5 Å². The van der Waals surface area contributed by atoms with Gasteiger partial charge in [-0.2, -0.15) is 5.06 Å². The van der Waals surface area contributed by atoms with E-state index in [0.717, 1.165) is 17.7 Å². The van der Waals surface area contributed by atoms with E-state index in [1.54, 1.807) is 11.8 Å². The van der Waals surface area contributed by atoms with Crippen LogP contribution in [-0.2, 0) is 14.4 Å². The van der Waals surface area contributed by atoms with Crippen molar-refractivity contribution in [2.45, 2.75) is 32.7 Å². The molecule has 21 heavy (non-hydrogen) atoms. The van der Waals surface area contributed by atoms with Crippen molar-refractivity contribution in [3.8, 4) is 0 Å². The second-order valence-electron chi connectivity index (χ2n) is 4.66. The van der Waals surface area contributed by atoms with E-state index in [1.807, 2.05) is 13.0 Å². The second kappa shape index (κ2) is 7.94. The molecule has 2 rings (SSSR count). The number of aliphatic hydroxyl groups is 1. The Kier molecular flexibility index (Phi) is 6.57. The third-order valence-corrected chi connectivity index (χ3v) is 2.92. The number of rotatable bonds is 5. The molecule has 8 heteroatoms. The number of carbonyl (C=O) groups excluding carboxylic acids is 2. The SMILES string of the molecule is CCCOC(=O)C(F)ON1C(=O)N2CC(C)=CC1C2.CO. The maximum Gasteiger partial charge on any atom is 0.371 e. The molecule has 0 aromatic rings. The maximum atomic E-state index is 13.6. The van der Waals surface area contributed by atoms with Crippen molar-refractivity contribution in [1.82, 2.24) is 9.96 Å². The smallest absolute Gasteiger partial charge is 0.371 e. The molecule has 2 amide bonds. The zero-order chi connectivity index (χ0) is 16.0. The van der Waals surface area contributed by atoms with Gasteiger partial charge >= 0.3 is 18.4 Å². The Balaban J connectivity index is 0.00000106. The lowest BCUT2D eigenvalue weighted by Gasteiger charge is -2.21. The summed E-state index contributed by atoms with van der Waals surface area (Å²) < 4.78 is 18.2. The Morgan fingerprint density at radius 2 is 2.24 bits per heavy atom. The first-order valence-electron chi connectivity index (χ1n) is 6.70. The lowest BCUT2D eigenvalue weighted by molar-refractivity contribution is -0.223. The van der Waals surface area contributed by atoms with Crippen molar-refractivity contribution in [1.29, 1.82) is 0 Å². The summed E-state index contributed by atoms with van der Waals surface area (Å²) in [5.41, 5.74) is 1.01. The largest absolute Gasteiger partial charge is 0.462 e. The van der Waals surface area contributed by atoms with Crippen LogP contribution >= 0.6 is 0 Å². The molecule has 0 aromatic heterocycles. The standard InChI is InChI=1S/C12H17FN2O4.CH4O/c1-3-4-18-11(16)10(13)19-15-9-5-8(2)6-14(7-9)12(15)17;1-2/h5,9-10H,3-4,6-7H2,1-2H3;2H,1H3. The van der Waals surface area contributed by atoms with Crippen LogP contribution in [0.4, 0.5) is 9.18 Å². The van der Waals surface area contributed by atoms with Crippen LogP contribution in [-0.4, -0.2) is 66.3 Å². The molecule has 2 heterocycles. The number of hydrogen-bond donors (Lipinski definition) is 1. The van der Waals surface area contributed by atoms with Crippen LogP contribution in [0, 0.1) is 0 Å². The Labute approximate surface area is 122 Å². The van der Waals surface area contributed by atoms with Crippen molar-refractivity contribution in [2.75, 3.05) is 26.8 Å². The van der Waals surface area contributed by atoms with Crippen molar-refractivity contribution in [3.05, 3.63) is 11.6 Å². The monoisotopic (exact) mass is 304 g/mol. The molecule has 0 aromatic carbocycles. The van der Waals surface area contributed by atoms with E-state index in [2.05, 4.69) is 4.74 Å². The van der Waals surface area contributed by atoms with Gasteiger partial charge in [-0.1, -0.05) is 18.6 Å². The first kappa shape index (κ1) is 17.4. The molecule has 2 unspecified atom stereocenters. The van der Waals surface area contributed by atoms with Crippen LogP contribution in [0.15, 0.2) is 11.6 Å². The molecule has 7 nitrogen and oxygen atoms in total. The molecule has 0 aliphatic carbocycles. The molecule has 120 valence electrons. The number of fused-ring (bicyclic) bond motifs is 2. The van der Waals surface area contributed by atoms with Gasteiger partial charge < -0.3 is 14.7 Å². The van der Waals surface area contributed by atoms with Gasteiger partial charge in [0.15, 0.2) is 0 Å². The van der Waals surface area contributed by atoms with E-state index < -0.39 is 18.4 Å². The number of halogens is 1. The predicted octanol–water partition coefficient (Wildman–Crippen LogP) is 0.841. The lowest BCUT2D eigenvalue weighted by Crippen LogP contribution is -2.38. The number of aliphatic hydroxyl groups excluding tert-OH is 1. The highest BCUT2D eigenvalue weighted by Gasteiger charge is 2.42. The van der Waals surface area contributed by atoms with Crippen LogP contribution in [0.3, 0.4) is 0 Å². The minimum Gasteiger partial charge on any atom is -0.462 e. The Bertz CT molecular complexity index is 415. The lowest BCUT2D eigenvalue weighted by atomic mass is 10.1. The fourth-order valence-electron chi connectivity index (χ4n) is 2.13. The Hall–Kier alpha value is -1.67. The van der Waals surface area contributed by atoms with Crippen LogP contribution in [0.1, 0.15) is 20.3 Å². The fourth-order valence-corrected chi connectivity index (χ4v) is 2.13. The van der Waals surface area contributed by atoms with E-state index >= 15 is 0 Å². The average molecular weight is 304 g/mol. The van der Waals surface area contributed by atoms with Crippen molar-refractivity contribution in [2.24, 2.45) is 0 Å². The fraction of sp³-hybridized carbons (Fsp3) is 0.692.